The molecule has 21 heavy (non-hydrogen) atoms. The highest BCUT2D eigenvalue weighted by Gasteiger charge is 2.20. The average Bonchev–Trinajstić information content (AvgIpc) is 2.89. The summed E-state index contributed by atoms with van der Waals surface area (Å²) in [6.07, 6.45) is 2.88. The van der Waals surface area contributed by atoms with Crippen LogP contribution in [-0.4, -0.2) is 23.6 Å². The average molecular weight is 323 g/mol. The van der Waals surface area contributed by atoms with E-state index in [1.54, 1.807) is 37.4 Å². The van der Waals surface area contributed by atoms with Gasteiger partial charge in [0.15, 0.2) is 0 Å². The Morgan fingerprint density at radius 2 is 2.10 bits per heavy atom. The number of sulfonamides is 1. The molecule has 108 valence electrons. The first-order valence-electron chi connectivity index (χ1n) is 6.05. The fourth-order valence-corrected chi connectivity index (χ4v) is 3.47. The van der Waals surface area contributed by atoms with Gasteiger partial charge in [0, 0.05) is 11.6 Å². The molecule has 0 atom stereocenters. The molecule has 2 N–H and O–H groups in total. The van der Waals surface area contributed by atoms with Crippen molar-refractivity contribution < 1.29 is 8.42 Å². The van der Waals surface area contributed by atoms with Crippen LogP contribution >= 0.6 is 11.6 Å². The maximum Gasteiger partial charge on any atom is 0.265 e. The predicted octanol–water partition coefficient (Wildman–Crippen LogP) is 2.72. The molecule has 0 spiro atoms. The Hall–Kier alpha value is -2.12. The van der Waals surface area contributed by atoms with E-state index >= 15 is 0 Å². The number of halogens is 1. The van der Waals surface area contributed by atoms with Gasteiger partial charge in [-0.3, -0.25) is 14.8 Å². The van der Waals surface area contributed by atoms with Crippen molar-refractivity contribution in [2.75, 3.05) is 4.72 Å². The van der Waals surface area contributed by atoms with Gasteiger partial charge in [-0.15, -0.1) is 0 Å². The van der Waals surface area contributed by atoms with E-state index < -0.39 is 10.0 Å². The summed E-state index contributed by atoms with van der Waals surface area (Å²) >= 11 is 6.07. The summed E-state index contributed by atoms with van der Waals surface area (Å²) < 4.78 is 27.3. The second-order valence-corrected chi connectivity index (χ2v) is 6.52. The lowest BCUT2D eigenvalue weighted by Crippen LogP contribution is -2.13. The molecule has 0 radical (unpaired) electrons. The molecule has 2 heterocycles. The number of hydrogen-bond donors (Lipinski definition) is 2. The van der Waals surface area contributed by atoms with Gasteiger partial charge < -0.3 is 0 Å². The van der Waals surface area contributed by atoms with Crippen molar-refractivity contribution in [3.8, 4) is 0 Å². The summed E-state index contributed by atoms with van der Waals surface area (Å²) in [6.45, 7) is 1.64. The highest BCUT2D eigenvalue weighted by atomic mass is 35.5. The molecule has 0 aliphatic rings. The number of anilines is 1. The van der Waals surface area contributed by atoms with Crippen LogP contribution in [0.25, 0.3) is 10.9 Å². The molecule has 2 aromatic heterocycles. The van der Waals surface area contributed by atoms with Crippen molar-refractivity contribution in [3.63, 3.8) is 0 Å². The van der Waals surface area contributed by atoms with E-state index in [1.807, 2.05) is 0 Å². The Balaban J connectivity index is 2.11. The van der Waals surface area contributed by atoms with Crippen molar-refractivity contribution in [3.05, 3.63) is 47.4 Å². The Kier molecular flexibility index (Phi) is 3.30. The molecule has 0 saturated carbocycles. The number of aryl methyl sites for hydroxylation is 1. The van der Waals surface area contributed by atoms with Gasteiger partial charge in [-0.2, -0.15) is 5.10 Å². The van der Waals surface area contributed by atoms with Crippen LogP contribution in [0.4, 0.5) is 5.69 Å². The van der Waals surface area contributed by atoms with Crippen molar-refractivity contribution in [2.24, 2.45) is 0 Å². The normalized spacial score (nSPS) is 11.7. The summed E-state index contributed by atoms with van der Waals surface area (Å²) in [6, 6.07) is 6.70. The Bertz CT molecular complexity index is 921. The minimum atomic E-state index is -3.72. The smallest absolute Gasteiger partial charge is 0.265 e. The predicted molar refractivity (Wildman–Crippen MR) is 80.9 cm³/mol. The fourth-order valence-electron chi connectivity index (χ4n) is 2.04. The molecule has 0 saturated heterocycles. The molecule has 0 unspecified atom stereocenters. The summed E-state index contributed by atoms with van der Waals surface area (Å²) in [5.41, 5.74) is 1.44. The van der Waals surface area contributed by atoms with Gasteiger partial charge in [0.25, 0.3) is 10.0 Å². The molecule has 0 amide bonds. The summed E-state index contributed by atoms with van der Waals surface area (Å²) in [5, 5.41) is 7.43. The molecule has 0 aliphatic heterocycles. The van der Waals surface area contributed by atoms with Crippen LogP contribution in [0.15, 0.2) is 41.6 Å². The van der Waals surface area contributed by atoms with Crippen LogP contribution in [0.5, 0.6) is 0 Å². The highest BCUT2D eigenvalue weighted by molar-refractivity contribution is 7.92. The number of nitrogens with one attached hydrogen (secondary N) is 2. The Morgan fingerprint density at radius 3 is 2.81 bits per heavy atom. The van der Waals surface area contributed by atoms with E-state index in [2.05, 4.69) is 19.9 Å². The largest absolute Gasteiger partial charge is 0.281 e. The van der Waals surface area contributed by atoms with Gasteiger partial charge in [0.05, 0.1) is 28.1 Å². The van der Waals surface area contributed by atoms with Gasteiger partial charge in [0.1, 0.15) is 4.90 Å². The number of aromatic nitrogens is 3. The number of fused-ring (bicyclic) bond motifs is 1. The highest BCUT2D eigenvalue weighted by Crippen LogP contribution is 2.29. The second kappa shape index (κ2) is 5.01. The van der Waals surface area contributed by atoms with Crippen molar-refractivity contribution in [1.29, 1.82) is 0 Å². The summed E-state index contributed by atoms with van der Waals surface area (Å²) in [5.74, 6) is 0. The first-order valence-corrected chi connectivity index (χ1v) is 7.91. The fraction of sp³-hybridized carbons (Fsp3) is 0.0769. The standard InChI is InChI=1S/C13H11ClN4O2S/c1-8-12(7-16-17-8)21(19,20)18-11-5-4-10(14)13-9(11)3-2-6-15-13/h2-7,18H,1H3,(H,16,17). The van der Waals surface area contributed by atoms with E-state index in [0.29, 0.717) is 27.3 Å². The van der Waals surface area contributed by atoms with Gasteiger partial charge in [-0.25, -0.2) is 8.42 Å². The first-order chi connectivity index (χ1) is 9.99. The van der Waals surface area contributed by atoms with Gasteiger partial charge in [-0.05, 0) is 31.2 Å². The van der Waals surface area contributed by atoms with Crippen LogP contribution in [-0.2, 0) is 10.0 Å². The maximum absolute atomic E-state index is 12.4. The van der Waals surface area contributed by atoms with Crippen molar-refractivity contribution in [2.45, 2.75) is 11.8 Å². The van der Waals surface area contributed by atoms with E-state index in [9.17, 15) is 8.42 Å². The van der Waals surface area contributed by atoms with Crippen LogP contribution in [0, 0.1) is 6.92 Å². The Morgan fingerprint density at radius 1 is 1.29 bits per heavy atom. The number of hydrogen-bond acceptors (Lipinski definition) is 4. The minimum absolute atomic E-state index is 0.106. The van der Waals surface area contributed by atoms with E-state index in [1.165, 1.54) is 6.20 Å². The van der Waals surface area contributed by atoms with Crippen molar-refractivity contribution in [1.82, 2.24) is 15.2 Å². The quantitative estimate of drug-likeness (QED) is 0.776. The van der Waals surface area contributed by atoms with Crippen LogP contribution in [0.2, 0.25) is 5.02 Å². The van der Waals surface area contributed by atoms with Crippen LogP contribution < -0.4 is 4.72 Å². The number of H-pyrrole nitrogens is 1. The molecule has 3 aromatic rings. The first kappa shape index (κ1) is 13.8. The lowest BCUT2D eigenvalue weighted by atomic mass is 10.2. The van der Waals surface area contributed by atoms with E-state index in [4.69, 9.17) is 11.6 Å². The lowest BCUT2D eigenvalue weighted by Gasteiger charge is -2.10. The molecule has 0 bridgehead atoms. The number of nitrogens with zero attached hydrogens (tertiary/aromatic N) is 2. The van der Waals surface area contributed by atoms with Gasteiger partial charge in [-0.1, -0.05) is 11.6 Å². The third kappa shape index (κ3) is 2.45. The lowest BCUT2D eigenvalue weighted by molar-refractivity contribution is 0.601. The third-order valence-corrected chi connectivity index (χ3v) is 4.82. The zero-order valence-corrected chi connectivity index (χ0v) is 12.5. The molecule has 0 aliphatic carbocycles. The molecule has 6 nitrogen and oxygen atoms in total. The SMILES string of the molecule is Cc1[nH]ncc1S(=O)(=O)Nc1ccc(Cl)c2ncccc12. The van der Waals surface area contributed by atoms with Crippen LogP contribution in [0.3, 0.4) is 0 Å². The summed E-state index contributed by atoms with van der Waals surface area (Å²) in [4.78, 5) is 4.27. The zero-order chi connectivity index (χ0) is 15.0. The molecular weight excluding hydrogens is 312 g/mol. The molecule has 3 rings (SSSR count). The molecule has 1 aromatic carbocycles. The topological polar surface area (TPSA) is 87.7 Å². The summed E-state index contributed by atoms with van der Waals surface area (Å²) in [7, 11) is -3.72. The number of pyridine rings is 1. The van der Waals surface area contributed by atoms with Crippen LogP contribution in [0.1, 0.15) is 5.69 Å². The minimum Gasteiger partial charge on any atom is -0.281 e. The van der Waals surface area contributed by atoms with Gasteiger partial charge in [0.2, 0.25) is 0 Å². The number of benzene rings is 1. The maximum atomic E-state index is 12.4. The third-order valence-electron chi connectivity index (χ3n) is 3.04. The van der Waals surface area contributed by atoms with Gasteiger partial charge >= 0.3 is 0 Å². The number of rotatable bonds is 3. The number of aromatic amines is 1. The van der Waals surface area contributed by atoms with E-state index in [-0.39, 0.29) is 4.90 Å². The van der Waals surface area contributed by atoms with Crippen molar-refractivity contribution >= 4 is 38.2 Å². The monoisotopic (exact) mass is 322 g/mol. The molecular formula is C13H11ClN4O2S. The Labute approximate surface area is 126 Å². The second-order valence-electron chi connectivity index (χ2n) is 4.46. The van der Waals surface area contributed by atoms with E-state index in [0.717, 1.165) is 0 Å². The zero-order valence-electron chi connectivity index (χ0n) is 11.0. The molecule has 8 heteroatoms. The molecule has 0 fully saturated rings.